The van der Waals surface area contributed by atoms with Crippen LogP contribution in [0, 0.1) is 19.3 Å². The lowest BCUT2D eigenvalue weighted by molar-refractivity contribution is 1.17. The van der Waals surface area contributed by atoms with Crippen LogP contribution in [0.3, 0.4) is 0 Å². The van der Waals surface area contributed by atoms with Crippen LogP contribution in [0.5, 0.6) is 0 Å². The third-order valence-corrected chi connectivity index (χ3v) is 1.64. The van der Waals surface area contributed by atoms with Gasteiger partial charge in [-0.1, -0.05) is 5.92 Å². The van der Waals surface area contributed by atoms with E-state index in [4.69, 9.17) is 6.42 Å². The second-order valence-electron chi connectivity index (χ2n) is 1.93. The minimum Gasteiger partial charge on any atom is -0.259 e. The van der Waals surface area contributed by atoms with Crippen molar-refractivity contribution in [2.75, 3.05) is 0 Å². The molecule has 1 heterocycles. The number of terminal acetylenes is 1. The Kier molecular flexibility index (Phi) is 2.08. The van der Waals surface area contributed by atoms with Gasteiger partial charge in [-0.2, -0.15) is 0 Å². The van der Waals surface area contributed by atoms with Crippen LogP contribution in [0.1, 0.15) is 11.3 Å². The second kappa shape index (κ2) is 2.85. The third-order valence-electron chi connectivity index (χ3n) is 1.21. The lowest BCUT2D eigenvalue weighted by Gasteiger charge is -1.95. The molecule has 0 N–H and O–H groups in total. The highest BCUT2D eigenvalue weighted by Gasteiger charge is 1.94. The van der Waals surface area contributed by atoms with E-state index in [0.717, 1.165) is 15.7 Å². The summed E-state index contributed by atoms with van der Waals surface area (Å²) in [4.78, 5) is 4.06. The van der Waals surface area contributed by atoms with Gasteiger partial charge in [-0.15, -0.1) is 6.42 Å². The Morgan fingerprint density at radius 3 is 2.90 bits per heavy atom. The van der Waals surface area contributed by atoms with E-state index in [9.17, 15) is 0 Å². The van der Waals surface area contributed by atoms with Crippen LogP contribution in [0.4, 0.5) is 0 Å². The fraction of sp³-hybridized carbons (Fsp3) is 0.125. The van der Waals surface area contributed by atoms with Crippen LogP contribution in [0.2, 0.25) is 0 Å². The van der Waals surface area contributed by atoms with Gasteiger partial charge >= 0.3 is 0 Å². The van der Waals surface area contributed by atoms with Crippen LogP contribution in [0.15, 0.2) is 16.7 Å². The molecule has 50 valence electrons. The molecular weight excluding hydrogens is 190 g/mol. The Balaban J connectivity index is 3.25. The largest absolute Gasteiger partial charge is 0.259 e. The van der Waals surface area contributed by atoms with E-state index in [1.807, 2.05) is 13.0 Å². The number of nitrogens with zero attached hydrogens (tertiary/aromatic N) is 1. The predicted molar refractivity (Wildman–Crippen MR) is 44.6 cm³/mol. The molecule has 1 aromatic rings. The molecule has 0 aliphatic rings. The van der Waals surface area contributed by atoms with Crippen molar-refractivity contribution in [1.29, 1.82) is 0 Å². The van der Waals surface area contributed by atoms with Gasteiger partial charge in [-0.25, -0.2) is 0 Å². The first-order valence-electron chi connectivity index (χ1n) is 2.83. The fourth-order valence-corrected chi connectivity index (χ4v) is 0.985. The Bertz CT molecular complexity index is 286. The maximum atomic E-state index is 5.21. The van der Waals surface area contributed by atoms with Gasteiger partial charge in [0.2, 0.25) is 0 Å². The molecule has 0 atom stereocenters. The Hall–Kier alpha value is -0.810. The molecule has 1 rings (SSSR count). The van der Waals surface area contributed by atoms with Crippen molar-refractivity contribution in [2.24, 2.45) is 0 Å². The zero-order valence-corrected chi connectivity index (χ0v) is 7.14. The van der Waals surface area contributed by atoms with Gasteiger partial charge < -0.3 is 0 Å². The van der Waals surface area contributed by atoms with E-state index in [1.54, 1.807) is 6.20 Å². The number of aryl methyl sites for hydroxylation is 1. The highest BCUT2D eigenvalue weighted by atomic mass is 79.9. The number of aromatic nitrogens is 1. The SMILES string of the molecule is C#Cc1cc(Br)cnc1C. The normalized spacial score (nSPS) is 8.90. The summed E-state index contributed by atoms with van der Waals surface area (Å²) in [6.45, 7) is 1.89. The second-order valence-corrected chi connectivity index (χ2v) is 2.85. The Labute approximate surface area is 68.6 Å². The summed E-state index contributed by atoms with van der Waals surface area (Å²) in [6, 6.07) is 1.88. The first-order valence-corrected chi connectivity index (χ1v) is 3.62. The lowest BCUT2D eigenvalue weighted by Crippen LogP contribution is -1.85. The summed E-state index contributed by atoms with van der Waals surface area (Å²) >= 11 is 3.28. The maximum Gasteiger partial charge on any atom is 0.0529 e. The quantitative estimate of drug-likeness (QED) is 0.579. The number of pyridine rings is 1. The van der Waals surface area contributed by atoms with E-state index in [2.05, 4.69) is 26.8 Å². The van der Waals surface area contributed by atoms with E-state index >= 15 is 0 Å². The first-order chi connectivity index (χ1) is 4.74. The van der Waals surface area contributed by atoms with Crippen LogP contribution >= 0.6 is 15.9 Å². The summed E-state index contributed by atoms with van der Waals surface area (Å²) < 4.78 is 0.922. The molecule has 0 aliphatic heterocycles. The van der Waals surface area contributed by atoms with Gasteiger partial charge in [0.1, 0.15) is 0 Å². The first kappa shape index (κ1) is 7.30. The standard InChI is InChI=1S/C8H6BrN/c1-3-7-4-8(9)5-10-6(7)2/h1,4-5H,2H3. The van der Waals surface area contributed by atoms with Crippen LogP contribution in [0.25, 0.3) is 0 Å². The monoisotopic (exact) mass is 195 g/mol. The molecule has 0 aliphatic carbocycles. The van der Waals surface area contributed by atoms with Crippen molar-refractivity contribution >= 4 is 15.9 Å². The molecule has 0 saturated heterocycles. The van der Waals surface area contributed by atoms with Crippen molar-refractivity contribution in [3.63, 3.8) is 0 Å². The summed E-state index contributed by atoms with van der Waals surface area (Å²) in [6.07, 6.45) is 6.94. The molecule has 2 heteroatoms. The molecule has 0 fully saturated rings. The van der Waals surface area contributed by atoms with Gasteiger partial charge in [-0.3, -0.25) is 4.98 Å². The zero-order chi connectivity index (χ0) is 7.56. The van der Waals surface area contributed by atoms with Gasteiger partial charge in [0.25, 0.3) is 0 Å². The summed E-state index contributed by atoms with van der Waals surface area (Å²) in [5.41, 5.74) is 1.74. The molecule has 10 heavy (non-hydrogen) atoms. The van der Waals surface area contributed by atoms with E-state index in [0.29, 0.717) is 0 Å². The van der Waals surface area contributed by atoms with Gasteiger partial charge in [0.15, 0.2) is 0 Å². The molecule has 0 radical (unpaired) electrons. The van der Waals surface area contributed by atoms with Crippen molar-refractivity contribution < 1.29 is 0 Å². The molecule has 0 amide bonds. The molecule has 0 saturated carbocycles. The van der Waals surface area contributed by atoms with Crippen molar-refractivity contribution in [3.8, 4) is 12.3 Å². The average molecular weight is 196 g/mol. The Morgan fingerprint density at radius 1 is 1.70 bits per heavy atom. The molecule has 0 bridgehead atoms. The van der Waals surface area contributed by atoms with Crippen LogP contribution < -0.4 is 0 Å². The topological polar surface area (TPSA) is 12.9 Å². The fourth-order valence-electron chi connectivity index (χ4n) is 0.654. The van der Waals surface area contributed by atoms with E-state index in [-0.39, 0.29) is 0 Å². The predicted octanol–water partition coefficient (Wildman–Crippen LogP) is 2.13. The highest BCUT2D eigenvalue weighted by molar-refractivity contribution is 9.10. The Morgan fingerprint density at radius 2 is 2.40 bits per heavy atom. The number of hydrogen-bond donors (Lipinski definition) is 0. The van der Waals surface area contributed by atoms with Crippen molar-refractivity contribution in [2.45, 2.75) is 6.92 Å². The van der Waals surface area contributed by atoms with Gasteiger partial charge in [0.05, 0.1) is 5.69 Å². The number of hydrogen-bond acceptors (Lipinski definition) is 1. The summed E-state index contributed by atoms with van der Waals surface area (Å²) in [5.74, 6) is 2.54. The highest BCUT2D eigenvalue weighted by Crippen LogP contribution is 2.11. The van der Waals surface area contributed by atoms with E-state index < -0.39 is 0 Å². The molecule has 1 nitrogen and oxygen atoms in total. The summed E-state index contributed by atoms with van der Waals surface area (Å²) in [5, 5.41) is 0. The van der Waals surface area contributed by atoms with Crippen LogP contribution in [-0.4, -0.2) is 4.98 Å². The minimum absolute atomic E-state index is 0.842. The maximum absolute atomic E-state index is 5.21. The third kappa shape index (κ3) is 1.37. The van der Waals surface area contributed by atoms with Gasteiger partial charge in [0, 0.05) is 16.2 Å². The number of halogens is 1. The zero-order valence-electron chi connectivity index (χ0n) is 5.56. The minimum atomic E-state index is 0.842. The van der Waals surface area contributed by atoms with Crippen LogP contribution in [-0.2, 0) is 0 Å². The summed E-state index contributed by atoms with van der Waals surface area (Å²) in [7, 11) is 0. The smallest absolute Gasteiger partial charge is 0.0529 e. The van der Waals surface area contributed by atoms with Gasteiger partial charge in [-0.05, 0) is 28.9 Å². The van der Waals surface area contributed by atoms with Crippen molar-refractivity contribution in [3.05, 3.63) is 28.0 Å². The number of rotatable bonds is 0. The molecule has 0 spiro atoms. The molecule has 0 aromatic carbocycles. The van der Waals surface area contributed by atoms with Crippen molar-refractivity contribution in [1.82, 2.24) is 4.98 Å². The molecule has 1 aromatic heterocycles. The average Bonchev–Trinajstić information content (AvgIpc) is 1.94. The molecule has 0 unspecified atom stereocenters. The lowest BCUT2D eigenvalue weighted by atomic mass is 10.2. The van der Waals surface area contributed by atoms with E-state index in [1.165, 1.54) is 0 Å². The molecular formula is C8H6BrN.